The molecule has 2 rings (SSSR count). The van der Waals surface area contributed by atoms with Gasteiger partial charge >= 0.3 is 5.76 Å². The van der Waals surface area contributed by atoms with E-state index in [1.807, 2.05) is 6.92 Å². The Bertz CT molecular complexity index is 295. The van der Waals surface area contributed by atoms with Crippen LogP contribution in [0.4, 0.5) is 0 Å². The van der Waals surface area contributed by atoms with Gasteiger partial charge in [-0.15, -0.1) is 5.10 Å². The molecule has 1 N–H and O–H groups in total. The molecule has 1 saturated carbocycles. The van der Waals surface area contributed by atoms with Crippen LogP contribution in [0.25, 0.3) is 0 Å². The van der Waals surface area contributed by atoms with Crippen molar-refractivity contribution in [1.82, 2.24) is 10.2 Å². The lowest BCUT2D eigenvalue weighted by Crippen LogP contribution is -1.99. The molecular weight excluding hydrogens is 132 g/mol. The quantitative estimate of drug-likeness (QED) is 0.614. The van der Waals surface area contributed by atoms with Crippen molar-refractivity contribution in [2.24, 2.45) is 0 Å². The van der Waals surface area contributed by atoms with Crippen molar-refractivity contribution in [2.45, 2.75) is 25.2 Å². The number of nitrogens with one attached hydrogen (secondary N) is 1. The number of hydrogen-bond acceptors (Lipinski definition) is 3. The van der Waals surface area contributed by atoms with Crippen LogP contribution in [-0.2, 0) is 5.41 Å². The van der Waals surface area contributed by atoms with Gasteiger partial charge in [-0.3, -0.25) is 0 Å². The van der Waals surface area contributed by atoms with E-state index in [2.05, 4.69) is 10.2 Å². The van der Waals surface area contributed by atoms with Crippen molar-refractivity contribution in [3.05, 3.63) is 16.4 Å². The van der Waals surface area contributed by atoms with Crippen molar-refractivity contribution >= 4 is 0 Å². The zero-order valence-corrected chi connectivity index (χ0v) is 5.68. The molecule has 1 aromatic heterocycles. The fourth-order valence-electron chi connectivity index (χ4n) is 0.889. The summed E-state index contributed by atoms with van der Waals surface area (Å²) < 4.78 is 4.79. The van der Waals surface area contributed by atoms with E-state index < -0.39 is 5.76 Å². The minimum atomic E-state index is -0.455. The molecule has 0 spiro atoms. The van der Waals surface area contributed by atoms with Crippen molar-refractivity contribution in [1.29, 1.82) is 0 Å². The van der Waals surface area contributed by atoms with Crippen LogP contribution in [-0.4, -0.2) is 10.2 Å². The lowest BCUT2D eigenvalue weighted by Gasteiger charge is -1.96. The van der Waals surface area contributed by atoms with Crippen LogP contribution in [0.3, 0.4) is 0 Å². The molecule has 1 aromatic rings. The first-order valence-corrected chi connectivity index (χ1v) is 3.27. The summed E-state index contributed by atoms with van der Waals surface area (Å²) in [4.78, 5) is 10.5. The summed E-state index contributed by atoms with van der Waals surface area (Å²) in [5, 5.41) is 5.99. The third kappa shape index (κ3) is 0.683. The fourth-order valence-corrected chi connectivity index (χ4v) is 0.889. The minimum Gasteiger partial charge on any atom is -0.392 e. The number of rotatable bonds is 1. The molecule has 0 unspecified atom stereocenters. The van der Waals surface area contributed by atoms with Gasteiger partial charge in [-0.2, -0.15) is 0 Å². The number of aromatic amines is 1. The van der Waals surface area contributed by atoms with E-state index in [9.17, 15) is 4.79 Å². The topological polar surface area (TPSA) is 58.9 Å². The van der Waals surface area contributed by atoms with E-state index in [-0.39, 0.29) is 5.41 Å². The van der Waals surface area contributed by atoms with Crippen molar-refractivity contribution < 1.29 is 4.42 Å². The van der Waals surface area contributed by atoms with Crippen LogP contribution in [0.15, 0.2) is 9.21 Å². The molecule has 0 radical (unpaired) electrons. The molecule has 1 aliphatic carbocycles. The number of aromatic nitrogens is 2. The van der Waals surface area contributed by atoms with E-state index in [0.29, 0.717) is 5.89 Å². The largest absolute Gasteiger partial charge is 0.434 e. The molecule has 0 bridgehead atoms. The average molecular weight is 140 g/mol. The second-order valence-corrected chi connectivity index (χ2v) is 2.98. The Balaban J connectivity index is 2.43. The fraction of sp³-hybridized carbons (Fsp3) is 0.667. The van der Waals surface area contributed by atoms with Crippen LogP contribution >= 0.6 is 0 Å². The maximum absolute atomic E-state index is 10.5. The third-order valence-electron chi connectivity index (χ3n) is 1.95. The van der Waals surface area contributed by atoms with Gasteiger partial charge in [0, 0.05) is 5.41 Å². The SMILES string of the molecule is CC1(c2n[nH]c(=O)o2)CC1. The standard InChI is InChI=1S/C6H8N2O2/c1-6(2-3-6)4-7-8-5(9)10-4/h2-3H2,1H3,(H,8,9). The highest BCUT2D eigenvalue weighted by Crippen LogP contribution is 2.45. The maximum Gasteiger partial charge on any atom is 0.434 e. The molecule has 0 aromatic carbocycles. The van der Waals surface area contributed by atoms with Gasteiger partial charge in [-0.1, -0.05) is 6.92 Å². The highest BCUT2D eigenvalue weighted by molar-refractivity contribution is 5.10. The molecule has 0 atom stereocenters. The summed E-state index contributed by atoms with van der Waals surface area (Å²) in [7, 11) is 0. The monoisotopic (exact) mass is 140 g/mol. The average Bonchev–Trinajstić information content (AvgIpc) is 2.45. The van der Waals surface area contributed by atoms with Crippen LogP contribution in [0.5, 0.6) is 0 Å². The van der Waals surface area contributed by atoms with Crippen molar-refractivity contribution in [3.63, 3.8) is 0 Å². The molecule has 0 aliphatic heterocycles. The maximum atomic E-state index is 10.5. The normalized spacial score (nSPS) is 20.9. The smallest absolute Gasteiger partial charge is 0.392 e. The van der Waals surface area contributed by atoms with Crippen molar-refractivity contribution in [3.8, 4) is 0 Å². The van der Waals surface area contributed by atoms with E-state index in [1.54, 1.807) is 0 Å². The first-order chi connectivity index (χ1) is 4.71. The molecule has 10 heavy (non-hydrogen) atoms. The summed E-state index contributed by atoms with van der Waals surface area (Å²) in [5.74, 6) is 0.0978. The van der Waals surface area contributed by atoms with Gasteiger partial charge in [-0.05, 0) is 12.8 Å². The van der Waals surface area contributed by atoms with Gasteiger partial charge in [0.1, 0.15) is 0 Å². The zero-order valence-electron chi connectivity index (χ0n) is 5.68. The highest BCUT2D eigenvalue weighted by Gasteiger charge is 2.44. The van der Waals surface area contributed by atoms with E-state index >= 15 is 0 Å². The minimum absolute atomic E-state index is 0.0547. The first kappa shape index (κ1) is 5.70. The molecule has 1 fully saturated rings. The Morgan fingerprint density at radius 1 is 1.70 bits per heavy atom. The van der Waals surface area contributed by atoms with Gasteiger partial charge in [0.15, 0.2) is 0 Å². The highest BCUT2D eigenvalue weighted by atomic mass is 16.4. The molecule has 0 amide bonds. The van der Waals surface area contributed by atoms with Gasteiger partial charge in [0.25, 0.3) is 0 Å². The Morgan fingerprint density at radius 2 is 2.40 bits per heavy atom. The summed E-state index contributed by atoms with van der Waals surface area (Å²) >= 11 is 0. The van der Waals surface area contributed by atoms with E-state index in [1.165, 1.54) is 0 Å². The predicted molar refractivity (Wildman–Crippen MR) is 33.7 cm³/mol. The van der Waals surface area contributed by atoms with Crippen LogP contribution < -0.4 is 5.76 Å². The number of H-pyrrole nitrogens is 1. The molecule has 1 aliphatic rings. The zero-order chi connectivity index (χ0) is 7.19. The summed E-state index contributed by atoms with van der Waals surface area (Å²) in [6.45, 7) is 2.03. The van der Waals surface area contributed by atoms with Gasteiger partial charge in [0.2, 0.25) is 5.89 Å². The Morgan fingerprint density at radius 3 is 2.80 bits per heavy atom. The molecule has 4 nitrogen and oxygen atoms in total. The van der Waals surface area contributed by atoms with Gasteiger partial charge < -0.3 is 4.42 Å². The van der Waals surface area contributed by atoms with E-state index in [4.69, 9.17) is 4.42 Å². The first-order valence-electron chi connectivity index (χ1n) is 3.27. The second-order valence-electron chi connectivity index (χ2n) is 2.98. The van der Waals surface area contributed by atoms with Crippen LogP contribution in [0.1, 0.15) is 25.7 Å². The Kier molecular flexibility index (Phi) is 0.859. The molecule has 54 valence electrons. The lowest BCUT2D eigenvalue weighted by atomic mass is 10.1. The van der Waals surface area contributed by atoms with Gasteiger partial charge in [-0.25, -0.2) is 9.89 Å². The third-order valence-corrected chi connectivity index (χ3v) is 1.95. The number of nitrogens with zero attached hydrogens (tertiary/aromatic N) is 1. The lowest BCUT2D eigenvalue weighted by molar-refractivity contribution is 0.425. The second kappa shape index (κ2) is 1.51. The van der Waals surface area contributed by atoms with Crippen molar-refractivity contribution in [2.75, 3.05) is 0 Å². The summed E-state index contributed by atoms with van der Waals surface area (Å²) in [6, 6.07) is 0. The number of hydrogen-bond donors (Lipinski definition) is 1. The molecule has 0 saturated heterocycles. The van der Waals surface area contributed by atoms with Crippen LogP contribution in [0.2, 0.25) is 0 Å². The van der Waals surface area contributed by atoms with Gasteiger partial charge in [0.05, 0.1) is 0 Å². The molecule has 1 heterocycles. The summed E-state index contributed by atoms with van der Waals surface area (Å²) in [6.07, 6.45) is 2.14. The Labute approximate surface area is 57.2 Å². The van der Waals surface area contributed by atoms with Crippen LogP contribution in [0, 0.1) is 0 Å². The molecular formula is C6H8N2O2. The van der Waals surface area contributed by atoms with E-state index in [0.717, 1.165) is 12.8 Å². The Hall–Kier alpha value is -1.06. The predicted octanol–water partition coefficient (Wildman–Crippen LogP) is 0.414. The molecule has 4 heteroatoms. The summed E-state index contributed by atoms with van der Waals surface area (Å²) in [5.41, 5.74) is 0.0547.